The van der Waals surface area contributed by atoms with Crippen LogP contribution in [0.4, 0.5) is 0 Å². The summed E-state index contributed by atoms with van der Waals surface area (Å²) in [5.41, 5.74) is 0. The molecule has 1 aliphatic rings. The number of nitrogens with one attached hydrogen (secondary N) is 1. The molecule has 0 aromatic rings. The van der Waals surface area contributed by atoms with Crippen molar-refractivity contribution in [2.75, 3.05) is 40.4 Å². The summed E-state index contributed by atoms with van der Waals surface area (Å²) in [6.45, 7) is 6.60. The zero-order valence-electron chi connectivity index (χ0n) is 11.9. The molecule has 0 unspecified atom stereocenters. The lowest BCUT2D eigenvalue weighted by atomic mass is 9.87. The predicted molar refractivity (Wildman–Crippen MR) is 73.4 cm³/mol. The van der Waals surface area contributed by atoms with E-state index in [1.165, 1.54) is 32.2 Å². The van der Waals surface area contributed by atoms with Crippen LogP contribution in [0.15, 0.2) is 0 Å². The van der Waals surface area contributed by atoms with Gasteiger partial charge in [-0.15, -0.1) is 0 Å². The molecule has 0 amide bonds. The van der Waals surface area contributed by atoms with Gasteiger partial charge in [0.05, 0.1) is 0 Å². The van der Waals surface area contributed by atoms with E-state index in [1.54, 1.807) is 7.11 Å². The molecule has 1 N–H and O–H groups in total. The summed E-state index contributed by atoms with van der Waals surface area (Å²) in [6.07, 6.45) is 6.72. The molecule has 0 radical (unpaired) electrons. The molecule has 102 valence electrons. The Morgan fingerprint density at radius 3 is 2.53 bits per heavy atom. The van der Waals surface area contributed by atoms with Gasteiger partial charge in [-0.2, -0.15) is 0 Å². The van der Waals surface area contributed by atoms with Gasteiger partial charge < -0.3 is 15.0 Å². The molecule has 0 heterocycles. The van der Waals surface area contributed by atoms with Crippen molar-refractivity contribution in [2.45, 2.75) is 45.1 Å². The van der Waals surface area contributed by atoms with Gasteiger partial charge in [0.25, 0.3) is 0 Å². The predicted octanol–water partition coefficient (Wildman–Crippen LogP) is 2.12. The maximum atomic E-state index is 5.02. The average Bonchev–Trinajstić information content (AvgIpc) is 2.34. The van der Waals surface area contributed by atoms with Gasteiger partial charge in [-0.1, -0.05) is 6.92 Å². The van der Waals surface area contributed by atoms with Gasteiger partial charge in [-0.05, 0) is 51.6 Å². The molecule has 1 saturated carbocycles. The van der Waals surface area contributed by atoms with Crippen molar-refractivity contribution in [3.63, 3.8) is 0 Å². The number of hydrogen-bond acceptors (Lipinski definition) is 3. The monoisotopic (exact) mass is 242 g/mol. The summed E-state index contributed by atoms with van der Waals surface area (Å²) in [4.78, 5) is 2.54. The molecule has 0 aliphatic heterocycles. The van der Waals surface area contributed by atoms with E-state index in [4.69, 9.17) is 4.74 Å². The Morgan fingerprint density at radius 2 is 1.88 bits per heavy atom. The van der Waals surface area contributed by atoms with E-state index >= 15 is 0 Å². The van der Waals surface area contributed by atoms with Gasteiger partial charge in [-0.25, -0.2) is 0 Å². The molecule has 17 heavy (non-hydrogen) atoms. The first-order chi connectivity index (χ1) is 8.24. The fourth-order valence-electron chi connectivity index (χ4n) is 2.59. The summed E-state index contributed by atoms with van der Waals surface area (Å²) >= 11 is 0. The summed E-state index contributed by atoms with van der Waals surface area (Å²) in [5.74, 6) is 0.951. The van der Waals surface area contributed by atoms with Crippen molar-refractivity contribution in [2.24, 2.45) is 5.92 Å². The number of rotatable bonds is 8. The summed E-state index contributed by atoms with van der Waals surface area (Å²) in [6, 6.07) is 0.826. The van der Waals surface area contributed by atoms with E-state index in [2.05, 4.69) is 24.2 Å². The fourth-order valence-corrected chi connectivity index (χ4v) is 2.59. The molecule has 3 heteroatoms. The lowest BCUT2D eigenvalue weighted by Gasteiger charge is -2.33. The number of likely N-dealkylation sites (N-methyl/N-ethyl adjacent to an activating group) is 1. The van der Waals surface area contributed by atoms with Crippen LogP contribution in [-0.4, -0.2) is 51.3 Å². The van der Waals surface area contributed by atoms with Crippen molar-refractivity contribution in [3.8, 4) is 0 Å². The zero-order chi connectivity index (χ0) is 12.5. The Labute approximate surface area is 107 Å². The van der Waals surface area contributed by atoms with Crippen LogP contribution in [0.1, 0.15) is 39.0 Å². The van der Waals surface area contributed by atoms with Crippen LogP contribution in [0.25, 0.3) is 0 Å². The van der Waals surface area contributed by atoms with Gasteiger partial charge in [0.15, 0.2) is 0 Å². The molecule has 1 rings (SSSR count). The first kappa shape index (κ1) is 14.9. The highest BCUT2D eigenvalue weighted by molar-refractivity contribution is 4.76. The van der Waals surface area contributed by atoms with E-state index in [9.17, 15) is 0 Å². The molecule has 0 aromatic carbocycles. The second-order valence-corrected chi connectivity index (χ2v) is 5.49. The lowest BCUT2D eigenvalue weighted by molar-refractivity contribution is 0.169. The van der Waals surface area contributed by atoms with Gasteiger partial charge >= 0.3 is 0 Å². The van der Waals surface area contributed by atoms with Crippen LogP contribution in [0.3, 0.4) is 0 Å². The summed E-state index contributed by atoms with van der Waals surface area (Å²) in [5, 5.41) is 3.48. The van der Waals surface area contributed by atoms with Gasteiger partial charge in [0.1, 0.15) is 0 Å². The molecule has 0 atom stereocenters. The zero-order valence-corrected chi connectivity index (χ0v) is 11.9. The standard InChI is InChI=1S/C14H30N2O/c1-13-5-7-14(8-6-13)16(2)11-10-15-9-4-12-17-3/h13-15H,4-12H2,1-3H3. The highest BCUT2D eigenvalue weighted by Gasteiger charge is 2.20. The van der Waals surface area contributed by atoms with Crippen molar-refractivity contribution in [1.82, 2.24) is 10.2 Å². The Balaban J connectivity index is 1.99. The number of methoxy groups -OCH3 is 1. The van der Waals surface area contributed by atoms with Crippen LogP contribution >= 0.6 is 0 Å². The van der Waals surface area contributed by atoms with E-state index in [0.29, 0.717) is 0 Å². The van der Waals surface area contributed by atoms with E-state index in [1.807, 2.05) is 0 Å². The molecule has 0 bridgehead atoms. The van der Waals surface area contributed by atoms with E-state index in [0.717, 1.165) is 38.1 Å². The van der Waals surface area contributed by atoms with Crippen LogP contribution in [0, 0.1) is 5.92 Å². The topological polar surface area (TPSA) is 24.5 Å². The normalized spacial score (nSPS) is 25.4. The smallest absolute Gasteiger partial charge is 0.0474 e. The Bertz CT molecular complexity index is 179. The third kappa shape index (κ3) is 6.39. The molecule has 0 aromatic heterocycles. The van der Waals surface area contributed by atoms with Crippen molar-refractivity contribution < 1.29 is 4.74 Å². The number of ether oxygens (including phenoxy) is 1. The lowest BCUT2D eigenvalue weighted by Crippen LogP contribution is -2.39. The maximum absolute atomic E-state index is 5.02. The summed E-state index contributed by atoms with van der Waals surface area (Å²) in [7, 11) is 4.04. The second-order valence-electron chi connectivity index (χ2n) is 5.49. The highest BCUT2D eigenvalue weighted by atomic mass is 16.5. The van der Waals surface area contributed by atoms with Crippen LogP contribution < -0.4 is 5.32 Å². The maximum Gasteiger partial charge on any atom is 0.0474 e. The van der Waals surface area contributed by atoms with E-state index < -0.39 is 0 Å². The number of nitrogens with zero attached hydrogens (tertiary/aromatic N) is 1. The Kier molecular flexibility index (Phi) is 7.82. The summed E-state index contributed by atoms with van der Waals surface area (Å²) < 4.78 is 5.02. The van der Waals surface area contributed by atoms with Gasteiger partial charge in [-0.3, -0.25) is 0 Å². The Morgan fingerprint density at radius 1 is 1.18 bits per heavy atom. The third-order valence-corrected chi connectivity index (χ3v) is 3.95. The van der Waals surface area contributed by atoms with Crippen molar-refractivity contribution in [3.05, 3.63) is 0 Å². The molecular formula is C14H30N2O. The molecule has 3 nitrogen and oxygen atoms in total. The average molecular weight is 242 g/mol. The Hall–Kier alpha value is -0.120. The third-order valence-electron chi connectivity index (χ3n) is 3.95. The van der Waals surface area contributed by atoms with Crippen molar-refractivity contribution in [1.29, 1.82) is 0 Å². The molecule has 0 saturated heterocycles. The van der Waals surface area contributed by atoms with Gasteiger partial charge in [0, 0.05) is 32.8 Å². The van der Waals surface area contributed by atoms with Crippen LogP contribution in [0.5, 0.6) is 0 Å². The molecule has 0 spiro atoms. The highest BCUT2D eigenvalue weighted by Crippen LogP contribution is 2.26. The minimum absolute atomic E-state index is 0.826. The minimum atomic E-state index is 0.826. The number of hydrogen-bond donors (Lipinski definition) is 1. The molecular weight excluding hydrogens is 212 g/mol. The second kappa shape index (κ2) is 8.90. The molecule has 1 aliphatic carbocycles. The van der Waals surface area contributed by atoms with Gasteiger partial charge in [0.2, 0.25) is 0 Å². The van der Waals surface area contributed by atoms with Crippen LogP contribution in [-0.2, 0) is 4.74 Å². The molecule has 1 fully saturated rings. The quantitative estimate of drug-likeness (QED) is 0.660. The first-order valence-electron chi connectivity index (χ1n) is 7.14. The first-order valence-corrected chi connectivity index (χ1v) is 7.14. The SMILES string of the molecule is COCCCNCCN(C)C1CCC(C)CC1. The van der Waals surface area contributed by atoms with Crippen LogP contribution in [0.2, 0.25) is 0 Å². The fraction of sp³-hybridized carbons (Fsp3) is 1.00. The van der Waals surface area contributed by atoms with E-state index in [-0.39, 0.29) is 0 Å². The minimum Gasteiger partial charge on any atom is -0.385 e. The van der Waals surface area contributed by atoms with Crippen molar-refractivity contribution >= 4 is 0 Å². The largest absolute Gasteiger partial charge is 0.385 e.